The summed E-state index contributed by atoms with van der Waals surface area (Å²) in [4.78, 5) is 46.2. The quantitative estimate of drug-likeness (QED) is 0.247. The Morgan fingerprint density at radius 1 is 1.00 bits per heavy atom. The number of nitro groups is 2. The third kappa shape index (κ3) is 4.89. The third-order valence-corrected chi connectivity index (χ3v) is 5.14. The topological polar surface area (TPSA) is 178 Å². The summed E-state index contributed by atoms with van der Waals surface area (Å²) in [6, 6.07) is 12.5. The molecule has 4 aromatic rings. The van der Waals surface area contributed by atoms with Crippen molar-refractivity contribution in [3.8, 4) is 0 Å². The summed E-state index contributed by atoms with van der Waals surface area (Å²) in [5.74, 6) is -1.26. The molecule has 35 heavy (non-hydrogen) atoms. The molecule has 2 heterocycles. The van der Waals surface area contributed by atoms with Crippen molar-refractivity contribution in [1.29, 1.82) is 0 Å². The highest BCUT2D eigenvalue weighted by molar-refractivity contribution is 6.32. The lowest BCUT2D eigenvalue weighted by Gasteiger charge is -2.12. The Bertz CT molecular complexity index is 1500. The molecule has 0 saturated carbocycles. The average Bonchev–Trinajstić information content (AvgIpc) is 2.83. The van der Waals surface area contributed by atoms with Gasteiger partial charge in [-0.15, -0.1) is 0 Å². The summed E-state index contributed by atoms with van der Waals surface area (Å²) in [7, 11) is 0. The van der Waals surface area contributed by atoms with E-state index < -0.39 is 27.1 Å². The second kappa shape index (κ2) is 9.52. The van der Waals surface area contributed by atoms with Crippen LogP contribution in [0.2, 0.25) is 5.02 Å². The van der Waals surface area contributed by atoms with Crippen molar-refractivity contribution in [1.82, 2.24) is 20.4 Å². The molecule has 14 heteroatoms. The molecule has 2 aromatic carbocycles. The van der Waals surface area contributed by atoms with E-state index >= 15 is 0 Å². The fraction of sp³-hybridized carbons (Fsp3) is 0.0476. The molecule has 0 aliphatic heterocycles. The van der Waals surface area contributed by atoms with Crippen LogP contribution in [0.4, 0.5) is 28.7 Å². The second-order valence-electron chi connectivity index (χ2n) is 7.13. The van der Waals surface area contributed by atoms with Gasteiger partial charge in [-0.2, -0.15) is 0 Å². The minimum Gasteiger partial charge on any atom is -0.332 e. The predicted octanol–water partition coefficient (Wildman–Crippen LogP) is 4.30. The van der Waals surface area contributed by atoms with Crippen molar-refractivity contribution < 1.29 is 14.6 Å². The van der Waals surface area contributed by atoms with Gasteiger partial charge in [0.1, 0.15) is 11.3 Å². The van der Waals surface area contributed by atoms with Gasteiger partial charge in [0, 0.05) is 22.7 Å². The molecule has 0 saturated heterocycles. The Morgan fingerprint density at radius 3 is 2.51 bits per heavy atom. The van der Waals surface area contributed by atoms with Gasteiger partial charge in [-0.3, -0.25) is 40.9 Å². The van der Waals surface area contributed by atoms with Gasteiger partial charge in [0.2, 0.25) is 11.6 Å². The smallest absolute Gasteiger partial charge is 0.332 e. The number of fused-ring (bicyclic) bond motifs is 1. The summed E-state index contributed by atoms with van der Waals surface area (Å²) >= 11 is 5.76. The average molecular weight is 495 g/mol. The molecule has 0 aliphatic carbocycles. The molecule has 2 aromatic heterocycles. The number of nitrogens with one attached hydrogen (secondary N) is 3. The largest absolute Gasteiger partial charge is 0.355 e. The third-order valence-electron chi connectivity index (χ3n) is 4.82. The summed E-state index contributed by atoms with van der Waals surface area (Å²) in [5, 5.41) is 26.5. The van der Waals surface area contributed by atoms with Gasteiger partial charge in [0.25, 0.3) is 11.6 Å². The highest BCUT2D eigenvalue weighted by atomic mass is 35.5. The summed E-state index contributed by atoms with van der Waals surface area (Å²) < 4.78 is 0. The summed E-state index contributed by atoms with van der Waals surface area (Å²) in [6.45, 7) is 1.82. The number of anilines is 3. The maximum atomic E-state index is 12.5. The van der Waals surface area contributed by atoms with Gasteiger partial charge in [-0.25, -0.2) is 9.97 Å². The monoisotopic (exact) mass is 494 g/mol. The van der Waals surface area contributed by atoms with E-state index in [2.05, 4.69) is 31.1 Å². The number of carbonyl (C=O) groups excluding carboxylic acids is 1. The van der Waals surface area contributed by atoms with E-state index in [9.17, 15) is 25.0 Å². The van der Waals surface area contributed by atoms with Crippen molar-refractivity contribution >= 4 is 57.1 Å². The summed E-state index contributed by atoms with van der Waals surface area (Å²) in [6.07, 6.45) is 1.07. The number of aromatic nitrogens is 3. The molecule has 176 valence electrons. The zero-order valence-corrected chi connectivity index (χ0v) is 18.6. The van der Waals surface area contributed by atoms with Crippen LogP contribution in [0.1, 0.15) is 16.1 Å². The number of hydrogen-bond donors (Lipinski definition) is 3. The number of hydrazine groups is 1. The van der Waals surface area contributed by atoms with Gasteiger partial charge in [0.15, 0.2) is 0 Å². The van der Waals surface area contributed by atoms with Gasteiger partial charge in [-0.05, 0) is 31.2 Å². The van der Waals surface area contributed by atoms with Crippen LogP contribution < -0.4 is 16.2 Å². The second-order valence-corrected chi connectivity index (χ2v) is 7.54. The summed E-state index contributed by atoms with van der Waals surface area (Å²) in [5.41, 5.74) is 5.35. The molecule has 0 radical (unpaired) electrons. The Hall–Kier alpha value is -4.91. The number of halogens is 1. The molecular weight excluding hydrogens is 480 g/mol. The number of carbonyl (C=O) groups is 1. The van der Waals surface area contributed by atoms with Crippen molar-refractivity contribution in [3.63, 3.8) is 0 Å². The molecule has 0 atom stereocenters. The van der Waals surface area contributed by atoms with Crippen molar-refractivity contribution in [2.24, 2.45) is 0 Å². The molecule has 0 fully saturated rings. The normalized spacial score (nSPS) is 10.6. The van der Waals surface area contributed by atoms with E-state index in [1.54, 1.807) is 12.1 Å². The van der Waals surface area contributed by atoms with Crippen molar-refractivity contribution in [2.75, 3.05) is 10.7 Å². The first kappa shape index (κ1) is 23.3. The van der Waals surface area contributed by atoms with Gasteiger partial charge in [-0.1, -0.05) is 29.8 Å². The molecule has 13 nitrogen and oxygen atoms in total. The Labute approximate surface area is 201 Å². The zero-order valence-electron chi connectivity index (χ0n) is 17.9. The van der Waals surface area contributed by atoms with Crippen LogP contribution in [0.5, 0.6) is 0 Å². The SMILES string of the molecule is Cc1ccc2cccc(Nc3ncnc(NNC(=O)c4ccc(Cl)c([N+](=O)[O-])c4)c3[N+](=O)[O-])c2n1. The standard InChI is InChI=1S/C21H15ClN8O5/c1-11-5-6-12-3-2-4-15(17(12)25-11)26-19-18(30(34)35)20(24-10-23-19)27-28-21(31)13-7-8-14(22)16(9-13)29(32)33/h2-10H,1H3,(H,28,31)(H2,23,24,26,27). The zero-order chi connectivity index (χ0) is 25.1. The number of amides is 1. The fourth-order valence-electron chi connectivity index (χ4n) is 3.19. The molecule has 0 bridgehead atoms. The van der Waals surface area contributed by atoms with Crippen LogP contribution in [0, 0.1) is 27.2 Å². The maximum Gasteiger partial charge on any atom is 0.355 e. The van der Waals surface area contributed by atoms with Crippen LogP contribution in [0.25, 0.3) is 10.9 Å². The number of pyridine rings is 1. The van der Waals surface area contributed by atoms with Gasteiger partial charge in [0.05, 0.1) is 21.1 Å². The molecule has 0 spiro atoms. The van der Waals surface area contributed by atoms with E-state index in [0.717, 1.165) is 23.5 Å². The number of nitrogens with zero attached hydrogens (tertiary/aromatic N) is 5. The first-order chi connectivity index (χ1) is 16.7. The fourth-order valence-corrected chi connectivity index (χ4v) is 3.38. The van der Waals surface area contributed by atoms with E-state index in [-0.39, 0.29) is 22.2 Å². The first-order valence-electron chi connectivity index (χ1n) is 9.87. The molecule has 0 unspecified atom stereocenters. The van der Waals surface area contributed by atoms with Crippen LogP contribution >= 0.6 is 11.6 Å². The van der Waals surface area contributed by atoms with Gasteiger partial charge >= 0.3 is 5.69 Å². The van der Waals surface area contributed by atoms with Gasteiger partial charge < -0.3 is 5.32 Å². The molecule has 1 amide bonds. The number of hydrogen-bond acceptors (Lipinski definition) is 10. The van der Waals surface area contributed by atoms with Crippen molar-refractivity contribution in [2.45, 2.75) is 6.92 Å². The lowest BCUT2D eigenvalue weighted by molar-refractivity contribution is -0.384. The van der Waals surface area contributed by atoms with E-state index in [1.807, 2.05) is 25.1 Å². The highest BCUT2D eigenvalue weighted by Crippen LogP contribution is 2.33. The Morgan fingerprint density at radius 2 is 1.77 bits per heavy atom. The van der Waals surface area contributed by atoms with Crippen LogP contribution in [0.15, 0.2) is 54.9 Å². The minimum absolute atomic E-state index is 0.0964. The number of rotatable bonds is 7. The highest BCUT2D eigenvalue weighted by Gasteiger charge is 2.25. The number of aryl methyl sites for hydroxylation is 1. The van der Waals surface area contributed by atoms with E-state index in [0.29, 0.717) is 11.2 Å². The predicted molar refractivity (Wildman–Crippen MR) is 128 cm³/mol. The molecule has 4 rings (SSSR count). The minimum atomic E-state index is -0.805. The van der Waals surface area contributed by atoms with Crippen LogP contribution in [-0.4, -0.2) is 30.7 Å². The van der Waals surface area contributed by atoms with E-state index in [1.165, 1.54) is 12.1 Å². The van der Waals surface area contributed by atoms with Crippen molar-refractivity contribution in [3.05, 3.63) is 91.4 Å². The van der Waals surface area contributed by atoms with Crippen LogP contribution in [-0.2, 0) is 0 Å². The number of para-hydroxylation sites is 1. The van der Waals surface area contributed by atoms with E-state index in [4.69, 9.17) is 11.6 Å². The molecule has 0 aliphatic rings. The van der Waals surface area contributed by atoms with Crippen LogP contribution in [0.3, 0.4) is 0 Å². The Kier molecular flexibility index (Phi) is 6.33. The number of nitro benzene ring substituents is 1. The maximum absolute atomic E-state index is 12.5. The first-order valence-corrected chi connectivity index (χ1v) is 10.3. The number of benzene rings is 2. The lowest BCUT2D eigenvalue weighted by Crippen LogP contribution is -2.30. The lowest BCUT2D eigenvalue weighted by atomic mass is 10.1. The molecular formula is C21H15ClN8O5. The Balaban J connectivity index is 1.62. The molecule has 3 N–H and O–H groups in total.